The summed E-state index contributed by atoms with van der Waals surface area (Å²) in [6, 6.07) is 4.07. The van der Waals surface area contributed by atoms with Gasteiger partial charge in [-0.15, -0.1) is 22.7 Å². The second-order valence-corrected chi connectivity index (χ2v) is 5.54. The average Bonchev–Trinajstić information content (AvgIpc) is 2.83. The van der Waals surface area contributed by atoms with Crippen LogP contribution < -0.4 is 16.8 Å². The topological polar surface area (TPSA) is 101 Å². The lowest BCUT2D eigenvalue weighted by molar-refractivity contribution is 0.838. The molecule has 0 aliphatic rings. The van der Waals surface area contributed by atoms with Crippen molar-refractivity contribution >= 4 is 33.8 Å². The van der Waals surface area contributed by atoms with Gasteiger partial charge in [0, 0.05) is 16.3 Å². The van der Waals surface area contributed by atoms with Gasteiger partial charge < -0.3 is 16.8 Å². The van der Waals surface area contributed by atoms with Gasteiger partial charge in [0.15, 0.2) is 11.1 Å². The van der Waals surface area contributed by atoms with E-state index in [1.807, 2.05) is 24.4 Å². The number of aromatic nitrogens is 1. The Hall–Kier alpha value is -1.44. The Balaban J connectivity index is 2.21. The van der Waals surface area contributed by atoms with Gasteiger partial charge in [0.2, 0.25) is 0 Å². The van der Waals surface area contributed by atoms with Crippen molar-refractivity contribution in [1.82, 2.24) is 4.98 Å². The number of hydrogen-bond acceptors (Lipinski definition) is 5. The Labute approximate surface area is 107 Å². The van der Waals surface area contributed by atoms with E-state index < -0.39 is 0 Å². The summed E-state index contributed by atoms with van der Waals surface area (Å²) < 4.78 is 0. The normalized spacial score (nSPS) is 12.4. The van der Waals surface area contributed by atoms with Crippen molar-refractivity contribution in [2.75, 3.05) is 5.32 Å². The summed E-state index contributed by atoms with van der Waals surface area (Å²) in [5, 5.41) is 12.4. The predicted octanol–water partition coefficient (Wildman–Crippen LogP) is 2.20. The van der Waals surface area contributed by atoms with Crippen molar-refractivity contribution in [1.29, 1.82) is 5.41 Å². The molecule has 0 saturated heterocycles. The molecule has 17 heavy (non-hydrogen) atoms. The summed E-state index contributed by atoms with van der Waals surface area (Å²) >= 11 is 3.06. The smallest absolute Gasteiger partial charge is 0.192 e. The van der Waals surface area contributed by atoms with Crippen molar-refractivity contribution in [2.24, 2.45) is 11.5 Å². The molecule has 2 aromatic heterocycles. The molecule has 0 aliphatic heterocycles. The van der Waals surface area contributed by atoms with Gasteiger partial charge in [0.05, 0.1) is 10.6 Å². The van der Waals surface area contributed by atoms with Crippen LogP contribution >= 0.6 is 22.7 Å². The predicted molar refractivity (Wildman–Crippen MR) is 73.6 cm³/mol. The summed E-state index contributed by atoms with van der Waals surface area (Å²) in [5.41, 5.74) is 11.9. The zero-order valence-electron chi connectivity index (χ0n) is 9.23. The van der Waals surface area contributed by atoms with Crippen LogP contribution in [0.1, 0.15) is 17.8 Å². The maximum absolute atomic E-state index is 7.13. The number of hydrogen-bond donors (Lipinski definition) is 4. The molecule has 90 valence electrons. The first-order chi connectivity index (χ1) is 8.06. The number of guanidine groups is 1. The lowest BCUT2D eigenvalue weighted by Gasteiger charge is -1.98. The Morgan fingerprint density at radius 2 is 2.29 bits per heavy atom. The molecule has 6 N–H and O–H groups in total. The number of nitrogens with zero attached hydrogens (tertiary/aromatic N) is 1. The highest BCUT2D eigenvalue weighted by Gasteiger charge is 2.09. The second kappa shape index (κ2) is 4.82. The van der Waals surface area contributed by atoms with E-state index in [4.69, 9.17) is 16.9 Å². The van der Waals surface area contributed by atoms with Crippen molar-refractivity contribution in [2.45, 2.75) is 13.0 Å². The SMILES string of the molecule is CC(N)c1ccc(-c2csc(NC(=N)N)n2)s1. The minimum Gasteiger partial charge on any atom is -0.370 e. The minimum absolute atomic E-state index is 0.0437. The van der Waals surface area contributed by atoms with Crippen molar-refractivity contribution in [3.8, 4) is 10.6 Å². The molecule has 2 aromatic rings. The minimum atomic E-state index is -0.103. The largest absolute Gasteiger partial charge is 0.370 e. The second-order valence-electron chi connectivity index (χ2n) is 3.57. The van der Waals surface area contributed by atoms with Crippen molar-refractivity contribution in [3.63, 3.8) is 0 Å². The molecule has 7 heteroatoms. The quantitative estimate of drug-likeness (QED) is 0.506. The molecule has 0 aromatic carbocycles. The van der Waals surface area contributed by atoms with E-state index in [0.29, 0.717) is 5.13 Å². The van der Waals surface area contributed by atoms with Crippen LogP contribution in [0.25, 0.3) is 10.6 Å². The highest BCUT2D eigenvalue weighted by atomic mass is 32.1. The highest BCUT2D eigenvalue weighted by Crippen LogP contribution is 2.32. The number of rotatable bonds is 3. The number of thiazole rings is 1. The third-order valence-corrected chi connectivity index (χ3v) is 4.14. The third kappa shape index (κ3) is 2.82. The van der Waals surface area contributed by atoms with Crippen LogP contribution in [0.15, 0.2) is 17.5 Å². The number of nitrogens with one attached hydrogen (secondary N) is 2. The molecule has 0 fully saturated rings. The monoisotopic (exact) mass is 267 g/mol. The Bertz CT molecular complexity index is 528. The van der Waals surface area contributed by atoms with E-state index in [2.05, 4.69) is 10.3 Å². The Morgan fingerprint density at radius 1 is 1.53 bits per heavy atom. The number of anilines is 1. The number of thiophene rings is 1. The first-order valence-corrected chi connectivity index (χ1v) is 6.68. The van der Waals surface area contributed by atoms with Crippen LogP contribution in [0.5, 0.6) is 0 Å². The zero-order chi connectivity index (χ0) is 12.4. The lowest BCUT2D eigenvalue weighted by Crippen LogP contribution is -2.20. The fourth-order valence-electron chi connectivity index (χ4n) is 1.29. The maximum atomic E-state index is 7.13. The number of nitrogens with two attached hydrogens (primary N) is 2. The fourth-order valence-corrected chi connectivity index (χ4v) is 3.01. The first kappa shape index (κ1) is 12.0. The molecule has 1 unspecified atom stereocenters. The summed E-state index contributed by atoms with van der Waals surface area (Å²) in [6.07, 6.45) is 0. The molecule has 0 radical (unpaired) electrons. The molecule has 0 amide bonds. The molecule has 0 aliphatic carbocycles. The van der Waals surface area contributed by atoms with Crippen LogP contribution in [-0.4, -0.2) is 10.9 Å². The van der Waals surface area contributed by atoms with Crippen LogP contribution in [0, 0.1) is 5.41 Å². The van der Waals surface area contributed by atoms with Gasteiger partial charge in [-0.1, -0.05) is 0 Å². The summed E-state index contributed by atoms with van der Waals surface area (Å²) in [6.45, 7) is 1.96. The first-order valence-electron chi connectivity index (χ1n) is 4.98. The third-order valence-electron chi connectivity index (χ3n) is 2.07. The van der Waals surface area contributed by atoms with E-state index >= 15 is 0 Å². The molecular weight excluding hydrogens is 254 g/mol. The van der Waals surface area contributed by atoms with E-state index in [1.165, 1.54) is 11.3 Å². The molecule has 2 heterocycles. The van der Waals surface area contributed by atoms with Gasteiger partial charge in [0.1, 0.15) is 0 Å². The summed E-state index contributed by atoms with van der Waals surface area (Å²) in [4.78, 5) is 6.56. The van der Waals surface area contributed by atoms with E-state index in [-0.39, 0.29) is 12.0 Å². The van der Waals surface area contributed by atoms with Gasteiger partial charge in [0.25, 0.3) is 0 Å². The Morgan fingerprint density at radius 3 is 2.88 bits per heavy atom. The van der Waals surface area contributed by atoms with E-state index in [9.17, 15) is 0 Å². The van der Waals surface area contributed by atoms with E-state index in [1.54, 1.807) is 11.3 Å². The van der Waals surface area contributed by atoms with Crippen molar-refractivity contribution in [3.05, 3.63) is 22.4 Å². The van der Waals surface area contributed by atoms with Crippen LogP contribution in [-0.2, 0) is 0 Å². The van der Waals surface area contributed by atoms with E-state index in [0.717, 1.165) is 15.4 Å². The summed E-state index contributed by atoms with van der Waals surface area (Å²) in [5.74, 6) is -0.103. The van der Waals surface area contributed by atoms with Crippen molar-refractivity contribution < 1.29 is 0 Å². The molecular formula is C10H13N5S2. The van der Waals surface area contributed by atoms with Crippen LogP contribution in [0.4, 0.5) is 5.13 Å². The van der Waals surface area contributed by atoms with Gasteiger partial charge in [-0.25, -0.2) is 4.98 Å². The van der Waals surface area contributed by atoms with Gasteiger partial charge in [-0.2, -0.15) is 0 Å². The molecule has 1 atom stereocenters. The Kier molecular flexibility index (Phi) is 3.41. The van der Waals surface area contributed by atoms with Crippen LogP contribution in [0.3, 0.4) is 0 Å². The maximum Gasteiger partial charge on any atom is 0.192 e. The van der Waals surface area contributed by atoms with Gasteiger partial charge >= 0.3 is 0 Å². The summed E-state index contributed by atoms with van der Waals surface area (Å²) in [7, 11) is 0. The fraction of sp³-hybridized carbons (Fsp3) is 0.200. The average molecular weight is 267 g/mol. The molecule has 0 saturated carbocycles. The highest BCUT2D eigenvalue weighted by molar-refractivity contribution is 7.17. The lowest BCUT2D eigenvalue weighted by atomic mass is 10.3. The molecule has 0 spiro atoms. The van der Waals surface area contributed by atoms with Crippen LogP contribution in [0.2, 0.25) is 0 Å². The molecule has 0 bridgehead atoms. The molecule has 5 nitrogen and oxygen atoms in total. The standard InChI is InChI=1S/C10H13N5S2/c1-5(11)7-2-3-8(17-7)6-4-16-10(14-6)15-9(12)13/h2-5H,11H2,1H3,(H4,12,13,14,15). The van der Waals surface area contributed by atoms with Gasteiger partial charge in [-0.05, 0) is 19.1 Å². The molecule has 2 rings (SSSR count). The van der Waals surface area contributed by atoms with Gasteiger partial charge in [-0.3, -0.25) is 5.41 Å². The zero-order valence-corrected chi connectivity index (χ0v) is 10.9.